The largest absolute Gasteiger partial charge is 0.507 e. The van der Waals surface area contributed by atoms with Gasteiger partial charge in [0.2, 0.25) is 0 Å². The maximum atomic E-state index is 11.0. The summed E-state index contributed by atoms with van der Waals surface area (Å²) in [6, 6.07) is 7.94. The van der Waals surface area contributed by atoms with Crippen molar-refractivity contribution in [2.45, 2.75) is 72.0 Å². The molecule has 160 valence electrons. The summed E-state index contributed by atoms with van der Waals surface area (Å²) in [5.74, 6) is 0.567. The molecule has 0 spiro atoms. The predicted octanol–water partition coefficient (Wildman–Crippen LogP) is 5.58. The van der Waals surface area contributed by atoms with E-state index >= 15 is 0 Å². The van der Waals surface area contributed by atoms with Gasteiger partial charge in [-0.1, -0.05) is 41.5 Å². The molecule has 2 aromatic rings. The van der Waals surface area contributed by atoms with E-state index in [0.717, 1.165) is 33.4 Å². The fourth-order valence-electron chi connectivity index (χ4n) is 3.64. The van der Waals surface area contributed by atoms with Gasteiger partial charge in [-0.15, -0.1) is 0 Å². The van der Waals surface area contributed by atoms with Crippen molar-refractivity contribution in [1.82, 2.24) is 0 Å². The van der Waals surface area contributed by atoms with E-state index in [4.69, 9.17) is 9.47 Å². The van der Waals surface area contributed by atoms with Gasteiger partial charge in [0.1, 0.15) is 11.5 Å². The molecule has 0 heterocycles. The van der Waals surface area contributed by atoms with Gasteiger partial charge in [-0.3, -0.25) is 0 Å². The van der Waals surface area contributed by atoms with Crippen molar-refractivity contribution in [2.24, 2.45) is 0 Å². The van der Waals surface area contributed by atoms with Gasteiger partial charge in [-0.25, -0.2) is 0 Å². The molecule has 0 amide bonds. The van der Waals surface area contributed by atoms with Crippen LogP contribution in [0.2, 0.25) is 0 Å². The van der Waals surface area contributed by atoms with Gasteiger partial charge in [-0.05, 0) is 68.5 Å². The van der Waals surface area contributed by atoms with Crippen molar-refractivity contribution in [2.75, 3.05) is 14.2 Å². The highest BCUT2D eigenvalue weighted by molar-refractivity contribution is 5.53. The van der Waals surface area contributed by atoms with E-state index in [-0.39, 0.29) is 22.3 Å². The van der Waals surface area contributed by atoms with Gasteiger partial charge in [-0.2, -0.15) is 0 Å². The zero-order chi connectivity index (χ0) is 22.0. The molecule has 2 N–H and O–H groups in total. The summed E-state index contributed by atoms with van der Waals surface area (Å²) >= 11 is 0. The second-order valence-electron chi connectivity index (χ2n) is 9.85. The van der Waals surface area contributed by atoms with Gasteiger partial charge < -0.3 is 19.7 Å². The number of rotatable bonds is 6. The Labute approximate surface area is 175 Å². The molecule has 29 heavy (non-hydrogen) atoms. The van der Waals surface area contributed by atoms with Gasteiger partial charge >= 0.3 is 0 Å². The lowest BCUT2D eigenvalue weighted by Gasteiger charge is -2.25. The second-order valence-corrected chi connectivity index (χ2v) is 9.85. The number of phenolic OH excluding ortho intramolecular Hbond substituents is 2. The SMILES string of the molecule is COCc1cc(Cc2cc(COC)cc(C(C)(C)C)c2O)c(O)c(C(C)(C)C)c1. The molecule has 0 fully saturated rings. The van der Waals surface area contributed by atoms with Crippen molar-refractivity contribution in [3.8, 4) is 11.5 Å². The first-order chi connectivity index (χ1) is 13.4. The van der Waals surface area contributed by atoms with Crippen LogP contribution in [0.1, 0.15) is 74.9 Å². The zero-order valence-electron chi connectivity index (χ0n) is 19.1. The third-order valence-electron chi connectivity index (χ3n) is 5.12. The third-order valence-corrected chi connectivity index (χ3v) is 5.12. The van der Waals surface area contributed by atoms with Crippen LogP contribution in [0.15, 0.2) is 24.3 Å². The Morgan fingerprint density at radius 3 is 1.28 bits per heavy atom. The normalized spacial score (nSPS) is 12.4. The quantitative estimate of drug-likeness (QED) is 0.665. The van der Waals surface area contributed by atoms with E-state index in [9.17, 15) is 10.2 Å². The lowest BCUT2D eigenvalue weighted by atomic mass is 9.81. The summed E-state index contributed by atoms with van der Waals surface area (Å²) in [5.41, 5.74) is 4.93. The molecular formula is C25H36O4. The topological polar surface area (TPSA) is 58.9 Å². The molecule has 0 atom stereocenters. The van der Waals surface area contributed by atoms with Gasteiger partial charge in [0.05, 0.1) is 13.2 Å². The molecule has 4 heteroatoms. The molecule has 0 saturated carbocycles. The van der Waals surface area contributed by atoms with Crippen molar-refractivity contribution in [3.63, 3.8) is 0 Å². The highest BCUT2D eigenvalue weighted by Crippen LogP contribution is 2.39. The maximum absolute atomic E-state index is 11.0. The number of methoxy groups -OCH3 is 2. The summed E-state index contributed by atoms with van der Waals surface area (Å²) in [4.78, 5) is 0. The first-order valence-corrected chi connectivity index (χ1v) is 10.1. The van der Waals surface area contributed by atoms with Crippen LogP contribution in [-0.2, 0) is 39.9 Å². The minimum atomic E-state index is -0.209. The number of phenols is 2. The molecular weight excluding hydrogens is 364 g/mol. The van der Waals surface area contributed by atoms with Crippen molar-refractivity contribution in [3.05, 3.63) is 57.6 Å². The van der Waals surface area contributed by atoms with E-state index < -0.39 is 0 Å². The molecule has 0 radical (unpaired) electrons. The number of hydrogen-bond acceptors (Lipinski definition) is 4. The van der Waals surface area contributed by atoms with Crippen LogP contribution < -0.4 is 0 Å². The fourth-order valence-corrected chi connectivity index (χ4v) is 3.64. The Balaban J connectivity index is 2.63. The summed E-state index contributed by atoms with van der Waals surface area (Å²) in [7, 11) is 3.33. The molecule has 2 rings (SSSR count). The minimum absolute atomic E-state index is 0.209. The number of hydrogen-bond donors (Lipinski definition) is 2. The lowest BCUT2D eigenvalue weighted by molar-refractivity contribution is 0.184. The molecule has 2 aromatic carbocycles. The maximum Gasteiger partial charge on any atom is 0.122 e. The van der Waals surface area contributed by atoms with Crippen LogP contribution in [0.25, 0.3) is 0 Å². The molecule has 0 aliphatic carbocycles. The van der Waals surface area contributed by atoms with Crippen LogP contribution in [0.3, 0.4) is 0 Å². The fraction of sp³-hybridized carbons (Fsp3) is 0.520. The van der Waals surface area contributed by atoms with E-state index in [2.05, 4.69) is 41.5 Å². The lowest BCUT2D eigenvalue weighted by Crippen LogP contribution is -2.14. The Morgan fingerprint density at radius 1 is 0.655 bits per heavy atom. The summed E-state index contributed by atoms with van der Waals surface area (Å²) in [6.07, 6.45) is 0.429. The average Bonchev–Trinajstić information content (AvgIpc) is 2.58. The highest BCUT2D eigenvalue weighted by atomic mass is 16.5. The summed E-state index contributed by atoms with van der Waals surface area (Å²) in [5, 5.41) is 22.0. The van der Waals surface area contributed by atoms with Crippen LogP contribution in [0.4, 0.5) is 0 Å². The third kappa shape index (κ3) is 5.52. The minimum Gasteiger partial charge on any atom is -0.507 e. The Kier molecular flexibility index (Phi) is 7.02. The number of aromatic hydroxyl groups is 2. The van der Waals surface area contributed by atoms with E-state index in [1.807, 2.05) is 24.3 Å². The first-order valence-electron chi connectivity index (χ1n) is 10.1. The summed E-state index contributed by atoms with van der Waals surface area (Å²) in [6.45, 7) is 13.4. The highest BCUT2D eigenvalue weighted by Gasteiger charge is 2.24. The van der Waals surface area contributed by atoms with Crippen molar-refractivity contribution < 1.29 is 19.7 Å². The smallest absolute Gasteiger partial charge is 0.122 e. The van der Waals surface area contributed by atoms with Crippen LogP contribution in [0, 0.1) is 0 Å². The summed E-state index contributed by atoms with van der Waals surface area (Å²) < 4.78 is 10.7. The van der Waals surface area contributed by atoms with Crippen molar-refractivity contribution in [1.29, 1.82) is 0 Å². The standard InChI is InChI=1S/C25H36O4/c1-24(2,3)20-11-16(14-28-7)9-18(22(20)26)13-19-10-17(15-29-8)12-21(23(19)27)25(4,5)6/h9-12,26-27H,13-15H2,1-8H3. The van der Waals surface area contributed by atoms with Crippen LogP contribution in [-0.4, -0.2) is 24.4 Å². The van der Waals surface area contributed by atoms with Crippen molar-refractivity contribution >= 4 is 0 Å². The van der Waals surface area contributed by atoms with Gasteiger partial charge in [0, 0.05) is 20.6 Å². The Bertz CT molecular complexity index is 783. The van der Waals surface area contributed by atoms with Crippen LogP contribution in [0.5, 0.6) is 11.5 Å². The number of benzene rings is 2. The number of ether oxygens (including phenoxy) is 2. The average molecular weight is 401 g/mol. The molecule has 0 aromatic heterocycles. The molecule has 4 nitrogen and oxygen atoms in total. The first kappa shape index (κ1) is 23.2. The molecule has 0 bridgehead atoms. The van der Waals surface area contributed by atoms with Gasteiger partial charge in [0.25, 0.3) is 0 Å². The van der Waals surface area contributed by atoms with Gasteiger partial charge in [0.15, 0.2) is 0 Å². The Morgan fingerprint density at radius 2 is 1.00 bits per heavy atom. The molecule has 0 saturated heterocycles. The molecule has 0 aliphatic heterocycles. The monoisotopic (exact) mass is 400 g/mol. The molecule has 0 unspecified atom stereocenters. The Hall–Kier alpha value is -2.04. The van der Waals surface area contributed by atoms with E-state index in [1.165, 1.54) is 0 Å². The second kappa shape index (κ2) is 8.76. The zero-order valence-corrected chi connectivity index (χ0v) is 19.1. The van der Waals surface area contributed by atoms with E-state index in [0.29, 0.717) is 19.6 Å². The van der Waals surface area contributed by atoms with Crippen LogP contribution >= 0.6 is 0 Å². The predicted molar refractivity (Wildman–Crippen MR) is 118 cm³/mol. The molecule has 0 aliphatic rings. The van der Waals surface area contributed by atoms with E-state index in [1.54, 1.807) is 14.2 Å².